The van der Waals surface area contributed by atoms with E-state index in [2.05, 4.69) is 5.32 Å². The molecule has 0 saturated carbocycles. The molecule has 0 radical (unpaired) electrons. The number of amides is 1. The second kappa shape index (κ2) is 8.31. The number of halogens is 1. The van der Waals surface area contributed by atoms with Crippen LogP contribution in [0.2, 0.25) is 0 Å². The first-order valence-corrected chi connectivity index (χ1v) is 9.45. The van der Waals surface area contributed by atoms with Gasteiger partial charge in [-0.3, -0.25) is 9.59 Å². The van der Waals surface area contributed by atoms with E-state index in [0.29, 0.717) is 21.5 Å². The fourth-order valence-corrected chi connectivity index (χ4v) is 3.36. The average Bonchev–Trinajstić information content (AvgIpc) is 3.09. The van der Waals surface area contributed by atoms with Crippen molar-refractivity contribution in [3.05, 3.63) is 64.8 Å². The monoisotopic (exact) mass is 399 g/mol. The number of anilines is 1. The van der Waals surface area contributed by atoms with E-state index in [9.17, 15) is 18.8 Å². The van der Waals surface area contributed by atoms with E-state index in [4.69, 9.17) is 4.74 Å². The minimum Gasteiger partial charge on any atom is -0.453 e. The number of esters is 1. The summed E-state index contributed by atoms with van der Waals surface area (Å²) in [6.07, 6.45) is 0. The van der Waals surface area contributed by atoms with Crippen LogP contribution in [0.4, 0.5) is 10.1 Å². The molecule has 0 aliphatic carbocycles. The van der Waals surface area contributed by atoms with Gasteiger partial charge in [0.25, 0.3) is 0 Å². The SMILES string of the molecule is CC(C)C(=O)Nc1ccc(C(=O)COC(=O)c2cc3cc(F)ccc3s2)cc1. The second-order valence-electron chi connectivity index (χ2n) is 6.51. The van der Waals surface area contributed by atoms with Crippen LogP contribution in [0.3, 0.4) is 0 Å². The molecule has 28 heavy (non-hydrogen) atoms. The Morgan fingerprint density at radius 3 is 2.46 bits per heavy atom. The average molecular weight is 399 g/mol. The van der Waals surface area contributed by atoms with E-state index >= 15 is 0 Å². The first kappa shape index (κ1) is 19.7. The number of hydrogen-bond acceptors (Lipinski definition) is 5. The van der Waals surface area contributed by atoms with Gasteiger partial charge in [-0.05, 0) is 53.9 Å². The molecule has 5 nitrogen and oxygen atoms in total. The summed E-state index contributed by atoms with van der Waals surface area (Å²) in [4.78, 5) is 36.4. The van der Waals surface area contributed by atoms with Crippen molar-refractivity contribution in [3.63, 3.8) is 0 Å². The molecule has 1 heterocycles. The summed E-state index contributed by atoms with van der Waals surface area (Å²) >= 11 is 1.18. The Bertz CT molecular complexity index is 1040. The lowest BCUT2D eigenvalue weighted by Gasteiger charge is -2.08. The highest BCUT2D eigenvalue weighted by Crippen LogP contribution is 2.26. The topological polar surface area (TPSA) is 72.5 Å². The molecular formula is C21H18FNO4S. The highest BCUT2D eigenvalue weighted by atomic mass is 32.1. The standard InChI is InChI=1S/C21H18FNO4S/c1-12(2)20(25)23-16-6-3-13(4-7-16)17(24)11-27-21(26)19-10-14-9-15(22)5-8-18(14)28-19/h3-10,12H,11H2,1-2H3,(H,23,25). The molecule has 0 fully saturated rings. The molecule has 7 heteroatoms. The summed E-state index contributed by atoms with van der Waals surface area (Å²) < 4.78 is 19.1. The fourth-order valence-electron chi connectivity index (χ4n) is 2.43. The van der Waals surface area contributed by atoms with Gasteiger partial charge in [0.15, 0.2) is 12.4 Å². The van der Waals surface area contributed by atoms with Gasteiger partial charge >= 0.3 is 5.97 Å². The Morgan fingerprint density at radius 2 is 1.79 bits per heavy atom. The molecule has 0 bridgehead atoms. The number of benzene rings is 2. The van der Waals surface area contributed by atoms with Gasteiger partial charge in [-0.25, -0.2) is 9.18 Å². The highest BCUT2D eigenvalue weighted by molar-refractivity contribution is 7.20. The lowest BCUT2D eigenvalue weighted by atomic mass is 10.1. The van der Waals surface area contributed by atoms with Crippen LogP contribution < -0.4 is 5.32 Å². The van der Waals surface area contributed by atoms with E-state index in [1.165, 1.54) is 23.5 Å². The fraction of sp³-hybridized carbons (Fsp3) is 0.190. The van der Waals surface area contributed by atoms with Crippen LogP contribution >= 0.6 is 11.3 Å². The van der Waals surface area contributed by atoms with Gasteiger partial charge in [-0.2, -0.15) is 0 Å². The van der Waals surface area contributed by atoms with Gasteiger partial charge < -0.3 is 10.1 Å². The number of fused-ring (bicyclic) bond motifs is 1. The smallest absolute Gasteiger partial charge is 0.348 e. The molecule has 0 aliphatic heterocycles. The summed E-state index contributed by atoms with van der Waals surface area (Å²) in [6.45, 7) is 3.17. The van der Waals surface area contributed by atoms with Gasteiger partial charge in [-0.15, -0.1) is 11.3 Å². The van der Waals surface area contributed by atoms with Crippen LogP contribution in [0.25, 0.3) is 10.1 Å². The van der Waals surface area contributed by atoms with Crippen LogP contribution in [-0.4, -0.2) is 24.3 Å². The molecule has 2 aromatic carbocycles. The molecule has 0 saturated heterocycles. The van der Waals surface area contributed by atoms with Gasteiger partial charge in [0.2, 0.25) is 5.91 Å². The predicted octanol–water partition coefficient (Wildman–Crippen LogP) is 4.67. The predicted molar refractivity (Wildman–Crippen MR) is 106 cm³/mol. The Balaban J connectivity index is 1.59. The first-order valence-electron chi connectivity index (χ1n) is 8.64. The highest BCUT2D eigenvalue weighted by Gasteiger charge is 2.15. The van der Waals surface area contributed by atoms with Crippen molar-refractivity contribution in [2.24, 2.45) is 5.92 Å². The summed E-state index contributed by atoms with van der Waals surface area (Å²) in [5, 5.41) is 3.35. The number of ketones is 1. The summed E-state index contributed by atoms with van der Waals surface area (Å²) in [5.74, 6) is -1.63. The van der Waals surface area contributed by atoms with E-state index in [1.807, 2.05) is 0 Å². The number of hydrogen-bond donors (Lipinski definition) is 1. The van der Waals surface area contributed by atoms with E-state index < -0.39 is 12.6 Å². The van der Waals surface area contributed by atoms with Crippen LogP contribution in [0.15, 0.2) is 48.5 Å². The molecule has 3 rings (SSSR count). The Morgan fingerprint density at radius 1 is 1.07 bits per heavy atom. The third-order valence-corrected chi connectivity index (χ3v) is 5.11. The zero-order chi connectivity index (χ0) is 20.3. The molecule has 1 N–H and O–H groups in total. The number of carbonyl (C=O) groups is 3. The number of thiophene rings is 1. The second-order valence-corrected chi connectivity index (χ2v) is 7.60. The first-order chi connectivity index (χ1) is 13.3. The number of Topliss-reactive ketones (excluding diaryl/α,β-unsaturated/α-hetero) is 1. The van der Waals surface area contributed by atoms with Gasteiger partial charge in [0, 0.05) is 21.9 Å². The van der Waals surface area contributed by atoms with Gasteiger partial charge in [0.1, 0.15) is 10.7 Å². The molecule has 0 aliphatic rings. The molecule has 144 valence electrons. The molecule has 0 spiro atoms. The van der Waals surface area contributed by atoms with Crippen molar-refractivity contribution in [1.82, 2.24) is 0 Å². The number of carbonyl (C=O) groups excluding carboxylic acids is 3. The lowest BCUT2D eigenvalue weighted by molar-refractivity contribution is -0.118. The molecule has 0 atom stereocenters. The summed E-state index contributed by atoms with van der Waals surface area (Å²) in [6, 6.07) is 12.2. The third-order valence-electron chi connectivity index (χ3n) is 4.01. The van der Waals surface area contributed by atoms with Crippen molar-refractivity contribution < 1.29 is 23.5 Å². The molecule has 1 aromatic heterocycles. The maximum atomic E-state index is 13.2. The molecule has 3 aromatic rings. The minimum absolute atomic E-state index is 0.115. The van der Waals surface area contributed by atoms with Crippen molar-refractivity contribution in [3.8, 4) is 0 Å². The Labute approximate surface area is 165 Å². The van der Waals surface area contributed by atoms with E-state index in [1.54, 1.807) is 50.2 Å². The minimum atomic E-state index is -0.629. The van der Waals surface area contributed by atoms with Gasteiger partial charge in [-0.1, -0.05) is 13.8 Å². The van der Waals surface area contributed by atoms with E-state index in [-0.39, 0.29) is 23.4 Å². The zero-order valence-electron chi connectivity index (χ0n) is 15.3. The normalized spacial score (nSPS) is 10.9. The van der Waals surface area contributed by atoms with Gasteiger partial charge in [0.05, 0.1) is 0 Å². The quantitative estimate of drug-likeness (QED) is 0.483. The summed E-state index contributed by atoms with van der Waals surface area (Å²) in [5.41, 5.74) is 0.957. The number of ether oxygens (including phenoxy) is 1. The zero-order valence-corrected chi connectivity index (χ0v) is 16.1. The largest absolute Gasteiger partial charge is 0.453 e. The molecule has 1 amide bonds. The Kier molecular flexibility index (Phi) is 5.84. The van der Waals surface area contributed by atoms with Crippen LogP contribution in [0.5, 0.6) is 0 Å². The van der Waals surface area contributed by atoms with Crippen molar-refractivity contribution >= 4 is 44.8 Å². The van der Waals surface area contributed by atoms with Crippen LogP contribution in [0, 0.1) is 11.7 Å². The lowest BCUT2D eigenvalue weighted by Crippen LogP contribution is -2.18. The van der Waals surface area contributed by atoms with Crippen LogP contribution in [0.1, 0.15) is 33.9 Å². The maximum Gasteiger partial charge on any atom is 0.348 e. The summed E-state index contributed by atoms with van der Waals surface area (Å²) in [7, 11) is 0. The van der Waals surface area contributed by atoms with Crippen LogP contribution in [-0.2, 0) is 9.53 Å². The maximum absolute atomic E-state index is 13.2. The number of nitrogens with one attached hydrogen (secondary N) is 1. The number of rotatable bonds is 6. The van der Waals surface area contributed by atoms with Crippen molar-refractivity contribution in [2.45, 2.75) is 13.8 Å². The van der Waals surface area contributed by atoms with Crippen molar-refractivity contribution in [2.75, 3.05) is 11.9 Å². The van der Waals surface area contributed by atoms with E-state index in [0.717, 1.165) is 4.70 Å². The third kappa shape index (κ3) is 4.61. The molecule has 0 unspecified atom stereocenters. The van der Waals surface area contributed by atoms with Crippen molar-refractivity contribution in [1.29, 1.82) is 0 Å². The Hall–Kier alpha value is -3.06. The molecular weight excluding hydrogens is 381 g/mol.